The second-order valence-electron chi connectivity index (χ2n) is 4.43. The van der Waals surface area contributed by atoms with Gasteiger partial charge in [-0.25, -0.2) is 22.0 Å². The molecule has 1 rings (SSSR count). The Labute approximate surface area is 132 Å². The summed E-state index contributed by atoms with van der Waals surface area (Å²) in [7, 11) is -7.01. The zero-order valence-electron chi connectivity index (χ0n) is 11.2. The molecule has 21 heavy (non-hydrogen) atoms. The number of hydrogen-bond acceptors (Lipinski definition) is 5. The summed E-state index contributed by atoms with van der Waals surface area (Å²) in [5, 5.41) is 7.56. The summed E-state index contributed by atoms with van der Waals surface area (Å²) in [6.07, 6.45) is 1.39. The zero-order valence-corrected chi connectivity index (χ0v) is 14.4. The average Bonchev–Trinajstić information content (AvgIpc) is 2.32. The zero-order chi connectivity index (χ0) is 16.3. The monoisotopic (exact) mass is 398 g/mol. The van der Waals surface area contributed by atoms with Crippen molar-refractivity contribution < 1.29 is 21.6 Å². The number of sulfone groups is 1. The number of nitrogens with two attached hydrogens (primary N) is 1. The van der Waals surface area contributed by atoms with Gasteiger partial charge in [-0.2, -0.15) is 0 Å². The summed E-state index contributed by atoms with van der Waals surface area (Å²) in [6.45, 7) is 0.173. The van der Waals surface area contributed by atoms with Crippen LogP contribution in [0.2, 0.25) is 0 Å². The van der Waals surface area contributed by atoms with Crippen LogP contribution < -0.4 is 10.5 Å². The van der Waals surface area contributed by atoms with Gasteiger partial charge in [0.15, 0.2) is 0 Å². The molecule has 1 aromatic carbocycles. The van der Waals surface area contributed by atoms with Crippen molar-refractivity contribution in [2.24, 2.45) is 5.14 Å². The SMILES string of the molecule is CS(=O)(=O)CCCNC(=O)c1ccc(Br)c(S(N)(=O)=O)c1. The van der Waals surface area contributed by atoms with Crippen molar-refractivity contribution in [1.82, 2.24) is 5.32 Å². The Morgan fingerprint density at radius 3 is 2.43 bits per heavy atom. The van der Waals surface area contributed by atoms with Gasteiger partial charge in [0.05, 0.1) is 10.6 Å². The number of rotatable bonds is 6. The van der Waals surface area contributed by atoms with Crippen molar-refractivity contribution in [3.8, 4) is 0 Å². The van der Waals surface area contributed by atoms with E-state index in [2.05, 4.69) is 21.2 Å². The van der Waals surface area contributed by atoms with E-state index in [1.54, 1.807) is 0 Å². The summed E-state index contributed by atoms with van der Waals surface area (Å²) in [6, 6.07) is 4.00. The Morgan fingerprint density at radius 1 is 1.29 bits per heavy atom. The second kappa shape index (κ2) is 6.86. The van der Waals surface area contributed by atoms with E-state index >= 15 is 0 Å². The summed E-state index contributed by atoms with van der Waals surface area (Å²) in [4.78, 5) is 11.7. The fraction of sp³-hybridized carbons (Fsp3) is 0.364. The Balaban J connectivity index is 2.76. The third-order valence-electron chi connectivity index (χ3n) is 2.48. The second-order valence-corrected chi connectivity index (χ2v) is 9.07. The van der Waals surface area contributed by atoms with Crippen LogP contribution in [0, 0.1) is 0 Å². The lowest BCUT2D eigenvalue weighted by Crippen LogP contribution is -2.26. The van der Waals surface area contributed by atoms with Crippen LogP contribution in [0.4, 0.5) is 0 Å². The number of halogens is 1. The minimum Gasteiger partial charge on any atom is -0.352 e. The first kappa shape index (κ1) is 18.1. The predicted octanol–water partition coefficient (Wildman–Crippen LogP) is 0.261. The molecule has 1 amide bonds. The molecule has 10 heteroatoms. The normalized spacial score (nSPS) is 12.1. The van der Waals surface area contributed by atoms with Crippen molar-refractivity contribution >= 4 is 41.7 Å². The highest BCUT2D eigenvalue weighted by molar-refractivity contribution is 9.10. The summed E-state index contributed by atoms with van der Waals surface area (Å²) >= 11 is 3.04. The van der Waals surface area contributed by atoms with Crippen LogP contribution in [-0.4, -0.2) is 41.3 Å². The number of carbonyl (C=O) groups is 1. The van der Waals surface area contributed by atoms with Crippen LogP contribution in [0.5, 0.6) is 0 Å². The third kappa shape index (κ3) is 6.12. The number of benzene rings is 1. The first-order valence-corrected chi connectivity index (χ1v) is 10.2. The molecule has 0 unspecified atom stereocenters. The summed E-state index contributed by atoms with van der Waals surface area (Å²) < 4.78 is 44.8. The smallest absolute Gasteiger partial charge is 0.251 e. The lowest BCUT2D eigenvalue weighted by molar-refractivity contribution is 0.0953. The van der Waals surface area contributed by atoms with Crippen LogP contribution in [0.1, 0.15) is 16.8 Å². The van der Waals surface area contributed by atoms with E-state index in [1.807, 2.05) is 0 Å². The van der Waals surface area contributed by atoms with E-state index in [0.717, 1.165) is 12.3 Å². The van der Waals surface area contributed by atoms with Gasteiger partial charge >= 0.3 is 0 Å². The van der Waals surface area contributed by atoms with Crippen LogP contribution >= 0.6 is 15.9 Å². The van der Waals surface area contributed by atoms with Crippen molar-refractivity contribution in [2.45, 2.75) is 11.3 Å². The number of nitrogens with one attached hydrogen (secondary N) is 1. The molecule has 0 spiro atoms. The van der Waals surface area contributed by atoms with Crippen molar-refractivity contribution in [2.75, 3.05) is 18.6 Å². The first-order valence-electron chi connectivity index (χ1n) is 5.79. The molecule has 0 heterocycles. The minimum atomic E-state index is -3.94. The molecule has 0 aliphatic carbocycles. The average molecular weight is 399 g/mol. The molecule has 118 valence electrons. The minimum absolute atomic E-state index is 0.0317. The van der Waals surface area contributed by atoms with E-state index < -0.39 is 25.8 Å². The molecule has 0 radical (unpaired) electrons. The van der Waals surface area contributed by atoms with Gasteiger partial charge in [-0.3, -0.25) is 4.79 Å². The highest BCUT2D eigenvalue weighted by Crippen LogP contribution is 2.22. The lowest BCUT2D eigenvalue weighted by Gasteiger charge is -2.07. The van der Waals surface area contributed by atoms with E-state index in [4.69, 9.17) is 5.14 Å². The van der Waals surface area contributed by atoms with E-state index in [-0.39, 0.29) is 33.7 Å². The highest BCUT2D eigenvalue weighted by atomic mass is 79.9. The van der Waals surface area contributed by atoms with Gasteiger partial charge in [-0.05, 0) is 40.5 Å². The summed E-state index contributed by atoms with van der Waals surface area (Å²) in [5.74, 6) is -0.531. The summed E-state index contributed by atoms with van der Waals surface area (Å²) in [5.41, 5.74) is 0.126. The molecule has 0 aliphatic heterocycles. The van der Waals surface area contributed by atoms with Gasteiger partial charge in [0.2, 0.25) is 10.0 Å². The van der Waals surface area contributed by atoms with Crippen molar-refractivity contribution in [3.63, 3.8) is 0 Å². The first-order chi connectivity index (χ1) is 9.50. The quantitative estimate of drug-likeness (QED) is 0.665. The number of carbonyl (C=O) groups excluding carboxylic acids is 1. The van der Waals surface area contributed by atoms with Crippen LogP contribution in [0.25, 0.3) is 0 Å². The molecule has 0 saturated carbocycles. The van der Waals surface area contributed by atoms with E-state index in [9.17, 15) is 21.6 Å². The lowest BCUT2D eigenvalue weighted by atomic mass is 10.2. The van der Waals surface area contributed by atoms with Gasteiger partial charge in [0.25, 0.3) is 5.91 Å². The maximum atomic E-state index is 11.8. The number of amides is 1. The van der Waals surface area contributed by atoms with E-state index in [0.29, 0.717) is 0 Å². The Hall–Kier alpha value is -0.970. The standard InChI is InChI=1S/C11H15BrN2O5S2/c1-20(16,17)6-2-5-14-11(15)8-3-4-9(12)10(7-8)21(13,18)19/h3-4,7H,2,5-6H2,1H3,(H,14,15)(H2,13,18,19). The van der Waals surface area contributed by atoms with Gasteiger partial charge < -0.3 is 5.32 Å². The number of hydrogen-bond donors (Lipinski definition) is 2. The van der Waals surface area contributed by atoms with Crippen molar-refractivity contribution in [3.05, 3.63) is 28.2 Å². The molecule has 0 bridgehead atoms. The Morgan fingerprint density at radius 2 is 1.90 bits per heavy atom. The topological polar surface area (TPSA) is 123 Å². The molecule has 3 N–H and O–H groups in total. The van der Waals surface area contributed by atoms with Gasteiger partial charge in [-0.15, -0.1) is 0 Å². The number of sulfonamides is 1. The third-order valence-corrected chi connectivity index (χ3v) is 5.41. The van der Waals surface area contributed by atoms with Crippen LogP contribution in [0.15, 0.2) is 27.6 Å². The maximum absolute atomic E-state index is 11.8. The fourth-order valence-electron chi connectivity index (χ4n) is 1.50. The highest BCUT2D eigenvalue weighted by Gasteiger charge is 2.16. The Bertz CT molecular complexity index is 744. The molecule has 0 fully saturated rings. The largest absolute Gasteiger partial charge is 0.352 e. The molecule has 0 saturated heterocycles. The fourth-order valence-corrected chi connectivity index (χ4v) is 3.72. The molecule has 0 atom stereocenters. The van der Waals surface area contributed by atoms with Gasteiger partial charge in [0.1, 0.15) is 9.84 Å². The molecular formula is C11H15BrN2O5S2. The molecule has 1 aromatic rings. The Kier molecular flexibility index (Phi) is 5.91. The van der Waals surface area contributed by atoms with Gasteiger partial charge in [-0.1, -0.05) is 0 Å². The van der Waals surface area contributed by atoms with Gasteiger partial charge in [0, 0.05) is 22.8 Å². The molecular weight excluding hydrogens is 384 g/mol. The van der Waals surface area contributed by atoms with Crippen LogP contribution in [-0.2, 0) is 19.9 Å². The predicted molar refractivity (Wildman–Crippen MR) is 82.2 cm³/mol. The van der Waals surface area contributed by atoms with Crippen molar-refractivity contribution in [1.29, 1.82) is 0 Å². The molecule has 0 aromatic heterocycles. The molecule has 7 nitrogen and oxygen atoms in total. The maximum Gasteiger partial charge on any atom is 0.251 e. The number of primary sulfonamides is 1. The van der Waals surface area contributed by atoms with Crippen LogP contribution in [0.3, 0.4) is 0 Å². The molecule has 0 aliphatic rings. The van der Waals surface area contributed by atoms with E-state index in [1.165, 1.54) is 12.1 Å².